The third-order valence-electron chi connectivity index (χ3n) is 3.55. The van der Waals surface area contributed by atoms with Crippen LogP contribution in [0.15, 0.2) is 0 Å². The molecule has 1 aliphatic carbocycles. The summed E-state index contributed by atoms with van der Waals surface area (Å²) in [5.41, 5.74) is 0. The van der Waals surface area contributed by atoms with E-state index < -0.39 is 0 Å². The molecule has 3 unspecified atom stereocenters. The van der Waals surface area contributed by atoms with Gasteiger partial charge in [-0.1, -0.05) is 6.92 Å². The molecular weight excluding hydrogens is 190 g/mol. The lowest BCUT2D eigenvalue weighted by atomic mass is 9.83. The van der Waals surface area contributed by atoms with Gasteiger partial charge in [-0.3, -0.25) is 0 Å². The average molecular weight is 215 g/mol. The Morgan fingerprint density at radius 1 is 1.40 bits per heavy atom. The van der Waals surface area contributed by atoms with Crippen molar-refractivity contribution in [1.29, 1.82) is 0 Å². The Hall–Kier alpha value is -0.120. The number of methoxy groups -OCH3 is 1. The molecule has 0 aromatic heterocycles. The van der Waals surface area contributed by atoms with E-state index in [-0.39, 0.29) is 6.10 Å². The molecule has 0 spiro atoms. The minimum Gasteiger partial charge on any atom is -0.393 e. The zero-order chi connectivity index (χ0) is 11.3. The lowest BCUT2D eigenvalue weighted by Gasteiger charge is -2.38. The van der Waals surface area contributed by atoms with E-state index in [0.717, 1.165) is 38.8 Å². The Bertz CT molecular complexity index is 175. The van der Waals surface area contributed by atoms with Gasteiger partial charge in [-0.15, -0.1) is 0 Å². The number of aliphatic hydroxyl groups excluding tert-OH is 1. The second-order valence-electron chi connectivity index (χ2n) is 4.84. The summed E-state index contributed by atoms with van der Waals surface area (Å²) in [6, 6.07) is 0.547. The Morgan fingerprint density at radius 3 is 2.80 bits per heavy atom. The summed E-state index contributed by atoms with van der Waals surface area (Å²) in [5.74, 6) is 0.709. The van der Waals surface area contributed by atoms with Gasteiger partial charge in [0.25, 0.3) is 0 Å². The number of hydrogen-bond donors (Lipinski definition) is 1. The van der Waals surface area contributed by atoms with Crippen molar-refractivity contribution in [2.75, 3.05) is 27.3 Å². The highest BCUT2D eigenvalue weighted by molar-refractivity contribution is 4.83. The van der Waals surface area contributed by atoms with Crippen LogP contribution in [0.25, 0.3) is 0 Å². The maximum Gasteiger partial charge on any atom is 0.0555 e. The zero-order valence-corrected chi connectivity index (χ0v) is 10.3. The van der Waals surface area contributed by atoms with E-state index in [0.29, 0.717) is 12.0 Å². The molecule has 1 N–H and O–H groups in total. The molecule has 1 aliphatic rings. The maximum absolute atomic E-state index is 9.67. The minimum absolute atomic E-state index is 0.0870. The van der Waals surface area contributed by atoms with Gasteiger partial charge in [-0.25, -0.2) is 0 Å². The second-order valence-corrected chi connectivity index (χ2v) is 4.84. The predicted octanol–water partition coefficient (Wildman–Crippen LogP) is 1.50. The van der Waals surface area contributed by atoms with Crippen LogP contribution in [0, 0.1) is 5.92 Å². The quantitative estimate of drug-likeness (QED) is 0.706. The van der Waals surface area contributed by atoms with E-state index in [1.165, 1.54) is 0 Å². The summed E-state index contributed by atoms with van der Waals surface area (Å²) >= 11 is 0. The first-order valence-electron chi connectivity index (χ1n) is 6.02. The third-order valence-corrected chi connectivity index (χ3v) is 3.55. The molecule has 3 atom stereocenters. The highest BCUT2D eigenvalue weighted by Gasteiger charge is 2.28. The van der Waals surface area contributed by atoms with Gasteiger partial charge in [0, 0.05) is 26.3 Å². The van der Waals surface area contributed by atoms with Gasteiger partial charge in [-0.2, -0.15) is 0 Å². The van der Waals surface area contributed by atoms with E-state index in [1.54, 1.807) is 7.11 Å². The summed E-state index contributed by atoms with van der Waals surface area (Å²) in [7, 11) is 3.90. The van der Waals surface area contributed by atoms with Gasteiger partial charge in [0.1, 0.15) is 0 Å². The highest BCUT2D eigenvalue weighted by atomic mass is 16.5. The van der Waals surface area contributed by atoms with E-state index >= 15 is 0 Å². The topological polar surface area (TPSA) is 32.7 Å². The smallest absolute Gasteiger partial charge is 0.0555 e. The Morgan fingerprint density at radius 2 is 2.13 bits per heavy atom. The summed E-state index contributed by atoms with van der Waals surface area (Å²) in [6.45, 7) is 4.19. The van der Waals surface area contributed by atoms with Crippen LogP contribution in [0.4, 0.5) is 0 Å². The molecule has 0 aromatic rings. The monoisotopic (exact) mass is 215 g/mol. The van der Waals surface area contributed by atoms with Crippen molar-refractivity contribution in [2.45, 2.75) is 44.8 Å². The number of hydrogen-bond acceptors (Lipinski definition) is 3. The number of nitrogens with zero attached hydrogens (tertiary/aromatic N) is 1. The predicted molar refractivity (Wildman–Crippen MR) is 61.9 cm³/mol. The molecule has 1 saturated carbocycles. The first kappa shape index (κ1) is 12.9. The molecule has 0 amide bonds. The number of rotatable bonds is 5. The van der Waals surface area contributed by atoms with Crippen LogP contribution in [-0.2, 0) is 4.74 Å². The lowest BCUT2D eigenvalue weighted by Crippen LogP contribution is -2.43. The standard InChI is InChI=1S/C12H25NO2/c1-10-5-6-11(14)9-12(10)13(2)7-4-8-15-3/h10-12,14H,4-9H2,1-3H3. The van der Waals surface area contributed by atoms with Crippen molar-refractivity contribution < 1.29 is 9.84 Å². The third kappa shape index (κ3) is 4.09. The van der Waals surface area contributed by atoms with Crippen molar-refractivity contribution in [1.82, 2.24) is 4.90 Å². The van der Waals surface area contributed by atoms with E-state index in [9.17, 15) is 5.11 Å². The van der Waals surface area contributed by atoms with Crippen molar-refractivity contribution in [3.63, 3.8) is 0 Å². The molecule has 0 bridgehead atoms. The molecule has 1 fully saturated rings. The first-order chi connectivity index (χ1) is 7.15. The molecule has 0 aromatic carbocycles. The Kier molecular flexibility index (Phi) is 5.58. The summed E-state index contributed by atoms with van der Waals surface area (Å²) in [6.07, 6.45) is 4.05. The van der Waals surface area contributed by atoms with Gasteiger partial charge >= 0.3 is 0 Å². The molecule has 90 valence electrons. The lowest BCUT2D eigenvalue weighted by molar-refractivity contribution is 0.0401. The van der Waals surface area contributed by atoms with Gasteiger partial charge < -0.3 is 14.7 Å². The fraction of sp³-hybridized carbons (Fsp3) is 1.00. The van der Waals surface area contributed by atoms with Crippen LogP contribution >= 0.6 is 0 Å². The van der Waals surface area contributed by atoms with E-state index in [4.69, 9.17) is 4.74 Å². The summed E-state index contributed by atoms with van der Waals surface area (Å²) in [5, 5.41) is 9.67. The highest BCUT2D eigenvalue weighted by Crippen LogP contribution is 2.27. The molecule has 3 nitrogen and oxygen atoms in total. The number of ether oxygens (including phenoxy) is 1. The van der Waals surface area contributed by atoms with Crippen molar-refractivity contribution in [3.05, 3.63) is 0 Å². The Balaban J connectivity index is 2.32. The van der Waals surface area contributed by atoms with Gasteiger partial charge in [-0.05, 0) is 38.6 Å². The normalized spacial score (nSPS) is 32.2. The fourth-order valence-electron chi connectivity index (χ4n) is 2.52. The van der Waals surface area contributed by atoms with E-state index in [1.807, 2.05) is 0 Å². The van der Waals surface area contributed by atoms with Crippen LogP contribution in [0.1, 0.15) is 32.6 Å². The van der Waals surface area contributed by atoms with Crippen LogP contribution < -0.4 is 0 Å². The average Bonchev–Trinajstić information content (AvgIpc) is 2.22. The number of aliphatic hydroxyl groups is 1. The second kappa shape index (κ2) is 6.46. The summed E-state index contributed by atoms with van der Waals surface area (Å²) in [4.78, 5) is 2.38. The molecule has 0 radical (unpaired) electrons. The van der Waals surface area contributed by atoms with Crippen molar-refractivity contribution in [2.24, 2.45) is 5.92 Å². The van der Waals surface area contributed by atoms with Crippen LogP contribution in [0.5, 0.6) is 0 Å². The van der Waals surface area contributed by atoms with Crippen LogP contribution in [-0.4, -0.2) is 49.5 Å². The zero-order valence-electron chi connectivity index (χ0n) is 10.3. The van der Waals surface area contributed by atoms with Crippen LogP contribution in [0.3, 0.4) is 0 Å². The molecule has 0 saturated heterocycles. The SMILES string of the molecule is COCCCN(C)C1CC(O)CCC1C. The van der Waals surface area contributed by atoms with Gasteiger partial charge in [0.05, 0.1) is 6.10 Å². The van der Waals surface area contributed by atoms with Gasteiger partial charge in [0.15, 0.2) is 0 Å². The van der Waals surface area contributed by atoms with Crippen LogP contribution in [0.2, 0.25) is 0 Å². The molecule has 3 heteroatoms. The fourth-order valence-corrected chi connectivity index (χ4v) is 2.52. The molecule has 0 heterocycles. The minimum atomic E-state index is -0.0870. The largest absolute Gasteiger partial charge is 0.393 e. The maximum atomic E-state index is 9.67. The summed E-state index contributed by atoms with van der Waals surface area (Å²) < 4.78 is 5.05. The molecular formula is C12H25NO2. The molecule has 15 heavy (non-hydrogen) atoms. The molecule has 0 aliphatic heterocycles. The first-order valence-corrected chi connectivity index (χ1v) is 6.02. The van der Waals surface area contributed by atoms with Gasteiger partial charge in [0.2, 0.25) is 0 Å². The van der Waals surface area contributed by atoms with Crippen molar-refractivity contribution in [3.8, 4) is 0 Å². The Labute approximate surface area is 93.4 Å². The molecule has 1 rings (SSSR count). The van der Waals surface area contributed by atoms with E-state index in [2.05, 4.69) is 18.9 Å². The van der Waals surface area contributed by atoms with Crippen molar-refractivity contribution >= 4 is 0 Å².